The predicted octanol–water partition coefficient (Wildman–Crippen LogP) is 6.32. The number of likely N-dealkylation sites (tertiary alicyclic amines) is 1. The van der Waals surface area contributed by atoms with E-state index in [0.717, 1.165) is 43.3 Å². The van der Waals surface area contributed by atoms with Gasteiger partial charge in [0.1, 0.15) is 5.60 Å². The summed E-state index contributed by atoms with van der Waals surface area (Å²) in [6, 6.07) is 16.6. The molecule has 1 aliphatic heterocycles. The Morgan fingerprint density at radius 2 is 1.69 bits per heavy atom. The molecule has 0 atom stereocenters. The number of nitrogens with zero attached hydrogens (tertiary/aromatic N) is 1. The van der Waals surface area contributed by atoms with Crippen molar-refractivity contribution in [3.8, 4) is 11.1 Å². The van der Waals surface area contributed by atoms with Crippen LogP contribution in [0.1, 0.15) is 39.2 Å². The van der Waals surface area contributed by atoms with Gasteiger partial charge in [0.15, 0.2) is 5.88 Å². The SMILES string of the molecule is C=C(OC(C)(C)C)N1CCC(Cc2ccccc2-c2ccc(Cl)cc2)(OC)CC1. The fraction of sp³-hybridized carbons (Fsp3) is 0.440. The van der Waals surface area contributed by atoms with Crippen LogP contribution in [0.3, 0.4) is 0 Å². The second-order valence-electron chi connectivity index (χ2n) is 8.82. The number of hydrogen-bond acceptors (Lipinski definition) is 3. The minimum absolute atomic E-state index is 0.180. The van der Waals surface area contributed by atoms with Crippen molar-refractivity contribution < 1.29 is 9.47 Å². The van der Waals surface area contributed by atoms with E-state index in [0.29, 0.717) is 0 Å². The van der Waals surface area contributed by atoms with E-state index in [1.807, 2.05) is 19.2 Å². The Hall–Kier alpha value is -1.97. The van der Waals surface area contributed by atoms with Gasteiger partial charge in [-0.05, 0) is 69.0 Å². The third kappa shape index (κ3) is 5.55. The first-order chi connectivity index (χ1) is 13.7. The van der Waals surface area contributed by atoms with E-state index in [4.69, 9.17) is 21.1 Å². The smallest absolute Gasteiger partial charge is 0.182 e. The zero-order valence-electron chi connectivity index (χ0n) is 18.0. The van der Waals surface area contributed by atoms with Crippen molar-refractivity contribution in [2.45, 2.75) is 51.2 Å². The molecule has 0 amide bonds. The van der Waals surface area contributed by atoms with Gasteiger partial charge in [0.05, 0.1) is 5.60 Å². The third-order valence-electron chi connectivity index (χ3n) is 5.57. The van der Waals surface area contributed by atoms with Gasteiger partial charge in [-0.2, -0.15) is 0 Å². The maximum Gasteiger partial charge on any atom is 0.182 e. The summed E-state index contributed by atoms with van der Waals surface area (Å²) in [5, 5.41) is 0.754. The molecular formula is C25H32ClNO2. The molecule has 0 bridgehead atoms. The van der Waals surface area contributed by atoms with Crippen molar-refractivity contribution in [3.05, 3.63) is 71.6 Å². The molecule has 0 unspecified atom stereocenters. The fourth-order valence-corrected chi connectivity index (χ4v) is 4.09. The summed E-state index contributed by atoms with van der Waals surface area (Å²) in [5.74, 6) is 0.753. The molecule has 3 rings (SSSR count). The molecule has 0 aromatic heterocycles. The van der Waals surface area contributed by atoms with Crippen molar-refractivity contribution in [3.63, 3.8) is 0 Å². The number of piperidine rings is 1. The monoisotopic (exact) mass is 413 g/mol. The van der Waals surface area contributed by atoms with E-state index in [1.54, 1.807) is 0 Å². The first-order valence-electron chi connectivity index (χ1n) is 10.2. The summed E-state index contributed by atoms with van der Waals surface area (Å²) in [5.41, 5.74) is 3.31. The highest BCUT2D eigenvalue weighted by Crippen LogP contribution is 2.35. The molecule has 4 heteroatoms. The second kappa shape index (κ2) is 8.81. The molecule has 1 fully saturated rings. The second-order valence-corrected chi connectivity index (χ2v) is 9.26. The van der Waals surface area contributed by atoms with Gasteiger partial charge in [0.2, 0.25) is 0 Å². The molecule has 29 heavy (non-hydrogen) atoms. The zero-order valence-corrected chi connectivity index (χ0v) is 18.8. The van der Waals surface area contributed by atoms with E-state index in [1.165, 1.54) is 16.7 Å². The van der Waals surface area contributed by atoms with Gasteiger partial charge in [0, 0.05) is 31.6 Å². The molecule has 1 heterocycles. The summed E-state index contributed by atoms with van der Waals surface area (Å²) in [7, 11) is 1.83. The van der Waals surface area contributed by atoms with E-state index >= 15 is 0 Å². The van der Waals surface area contributed by atoms with Crippen LogP contribution < -0.4 is 0 Å². The molecule has 0 spiro atoms. The Labute approximate surface area is 180 Å². The predicted molar refractivity (Wildman–Crippen MR) is 121 cm³/mol. The highest BCUT2D eigenvalue weighted by molar-refractivity contribution is 6.30. The van der Waals surface area contributed by atoms with Crippen molar-refractivity contribution in [1.29, 1.82) is 0 Å². The average Bonchev–Trinajstić information content (AvgIpc) is 2.68. The van der Waals surface area contributed by atoms with Crippen molar-refractivity contribution >= 4 is 11.6 Å². The Morgan fingerprint density at radius 1 is 1.07 bits per heavy atom. The maximum absolute atomic E-state index is 6.10. The van der Waals surface area contributed by atoms with Crippen LogP contribution in [0, 0.1) is 0 Å². The number of rotatable bonds is 6. The molecule has 156 valence electrons. The number of hydrogen-bond donors (Lipinski definition) is 0. The van der Waals surface area contributed by atoms with E-state index in [2.05, 4.69) is 68.6 Å². The molecule has 0 aliphatic carbocycles. The van der Waals surface area contributed by atoms with Crippen LogP contribution in [0.5, 0.6) is 0 Å². The van der Waals surface area contributed by atoms with Crippen LogP contribution in [0.15, 0.2) is 61.0 Å². The van der Waals surface area contributed by atoms with E-state index in [-0.39, 0.29) is 11.2 Å². The lowest BCUT2D eigenvalue weighted by atomic mass is 9.83. The van der Waals surface area contributed by atoms with Crippen LogP contribution >= 0.6 is 11.6 Å². The van der Waals surface area contributed by atoms with Gasteiger partial charge in [-0.25, -0.2) is 0 Å². The number of ether oxygens (including phenoxy) is 2. The van der Waals surface area contributed by atoms with Gasteiger partial charge < -0.3 is 14.4 Å². The summed E-state index contributed by atoms with van der Waals surface area (Å²) < 4.78 is 12.1. The number of methoxy groups -OCH3 is 1. The molecule has 0 radical (unpaired) electrons. The molecule has 0 N–H and O–H groups in total. The molecule has 1 aliphatic rings. The van der Waals surface area contributed by atoms with Gasteiger partial charge >= 0.3 is 0 Å². The van der Waals surface area contributed by atoms with E-state index < -0.39 is 0 Å². The number of halogens is 1. The summed E-state index contributed by atoms with van der Waals surface area (Å²) in [6.07, 6.45) is 2.75. The maximum atomic E-state index is 6.10. The lowest BCUT2D eigenvalue weighted by molar-refractivity contribution is -0.0711. The summed E-state index contributed by atoms with van der Waals surface area (Å²) >= 11 is 6.08. The van der Waals surface area contributed by atoms with Gasteiger partial charge in [-0.1, -0.05) is 48.0 Å². The van der Waals surface area contributed by atoms with Crippen molar-refractivity contribution in [2.24, 2.45) is 0 Å². The molecule has 0 saturated carbocycles. The van der Waals surface area contributed by atoms with Gasteiger partial charge in [-0.15, -0.1) is 0 Å². The van der Waals surface area contributed by atoms with Crippen LogP contribution in [0.4, 0.5) is 0 Å². The number of benzene rings is 2. The standard InChI is InChI=1S/C25H32ClNO2/c1-19(29-24(2,3)4)27-16-14-25(28-5,15-17-27)18-21-8-6-7-9-23(21)20-10-12-22(26)13-11-20/h6-13H,1,14-18H2,2-5H3. The van der Waals surface area contributed by atoms with Gasteiger partial charge in [-0.3, -0.25) is 0 Å². The molecule has 3 nitrogen and oxygen atoms in total. The quantitative estimate of drug-likeness (QED) is 0.517. The Kier molecular flexibility index (Phi) is 6.60. The van der Waals surface area contributed by atoms with Crippen LogP contribution in [0.2, 0.25) is 5.02 Å². The van der Waals surface area contributed by atoms with Crippen LogP contribution in [0.25, 0.3) is 11.1 Å². The first-order valence-corrected chi connectivity index (χ1v) is 10.6. The Bertz CT molecular complexity index is 831. The highest BCUT2D eigenvalue weighted by Gasteiger charge is 2.36. The largest absolute Gasteiger partial charge is 0.474 e. The lowest BCUT2D eigenvalue weighted by Gasteiger charge is -2.43. The first kappa shape index (κ1) is 21.7. The van der Waals surface area contributed by atoms with Crippen LogP contribution in [-0.4, -0.2) is 36.3 Å². The molecule has 1 saturated heterocycles. The topological polar surface area (TPSA) is 21.7 Å². The van der Waals surface area contributed by atoms with E-state index in [9.17, 15) is 0 Å². The Morgan fingerprint density at radius 3 is 2.28 bits per heavy atom. The summed E-state index contributed by atoms with van der Waals surface area (Å²) in [6.45, 7) is 12.0. The Balaban J connectivity index is 1.74. The molecular weight excluding hydrogens is 382 g/mol. The lowest BCUT2D eigenvalue weighted by Crippen LogP contribution is -2.47. The highest BCUT2D eigenvalue weighted by atomic mass is 35.5. The van der Waals surface area contributed by atoms with Crippen LogP contribution in [-0.2, 0) is 15.9 Å². The minimum Gasteiger partial charge on any atom is -0.474 e. The normalized spacial score (nSPS) is 16.5. The minimum atomic E-state index is -0.232. The zero-order chi connectivity index (χ0) is 21.1. The summed E-state index contributed by atoms with van der Waals surface area (Å²) in [4.78, 5) is 2.23. The van der Waals surface area contributed by atoms with Crippen molar-refractivity contribution in [2.75, 3.05) is 20.2 Å². The van der Waals surface area contributed by atoms with Gasteiger partial charge in [0.25, 0.3) is 0 Å². The third-order valence-corrected chi connectivity index (χ3v) is 5.82. The molecule has 2 aromatic carbocycles. The average molecular weight is 414 g/mol. The van der Waals surface area contributed by atoms with Crippen molar-refractivity contribution in [1.82, 2.24) is 4.90 Å². The molecule has 2 aromatic rings. The fourth-order valence-electron chi connectivity index (χ4n) is 3.97.